The number of methoxy groups -OCH3 is 1. The lowest BCUT2D eigenvalue weighted by molar-refractivity contribution is -0.255. The number of aliphatic hydroxyl groups is 3. The Kier molecular flexibility index (Phi) is 5.67. The first-order chi connectivity index (χ1) is 18.8. The van der Waals surface area contributed by atoms with Crippen molar-refractivity contribution >= 4 is 72.7 Å². The maximum Gasteiger partial charge on any atom is 0.254 e. The number of H-pyrrole nitrogens is 1. The number of aromatic nitrogens is 2. The molecule has 3 aromatic carbocycles. The molecule has 0 saturated carbocycles. The monoisotopic (exact) mass is 569 g/mol. The molecule has 0 bridgehead atoms. The van der Waals surface area contributed by atoms with E-state index >= 15 is 0 Å². The van der Waals surface area contributed by atoms with Gasteiger partial charge in [-0.3, -0.25) is 4.79 Å². The Hall–Kier alpha value is -2.89. The summed E-state index contributed by atoms with van der Waals surface area (Å²) in [5.74, 6) is -0.103. The number of para-hydroxylation sites is 2. The summed E-state index contributed by atoms with van der Waals surface area (Å²) in [5.41, 5.74) is 3.93. The molecule has 0 radical (unpaired) electrons. The average Bonchev–Trinajstić information content (AvgIpc) is 3.56. The first-order valence-electron chi connectivity index (χ1n) is 12.6. The molecule has 39 heavy (non-hydrogen) atoms. The van der Waals surface area contributed by atoms with Crippen LogP contribution in [0.15, 0.2) is 36.4 Å². The van der Waals surface area contributed by atoms with Crippen molar-refractivity contribution in [3.8, 4) is 0 Å². The zero-order valence-corrected chi connectivity index (χ0v) is 22.5. The molecular formula is C28H25Cl2N3O6. The molecule has 11 heteroatoms. The number of ether oxygens (including phenoxy) is 2. The van der Waals surface area contributed by atoms with E-state index in [1.807, 2.05) is 24.3 Å². The summed E-state index contributed by atoms with van der Waals surface area (Å²) in [6.45, 7) is -0.0586. The molecule has 4 heterocycles. The number of rotatable bonds is 3. The fourth-order valence-electron chi connectivity index (χ4n) is 6.49. The molecule has 0 spiro atoms. The molecule has 2 aliphatic heterocycles. The zero-order chi connectivity index (χ0) is 27.3. The lowest BCUT2D eigenvalue weighted by Gasteiger charge is -2.42. The van der Waals surface area contributed by atoms with E-state index in [1.54, 1.807) is 28.6 Å². The highest BCUT2D eigenvalue weighted by molar-refractivity contribution is 6.40. The van der Waals surface area contributed by atoms with Gasteiger partial charge in [0.05, 0.1) is 44.3 Å². The van der Waals surface area contributed by atoms with Crippen molar-refractivity contribution in [3.63, 3.8) is 0 Å². The highest BCUT2D eigenvalue weighted by Gasteiger charge is 2.47. The third-order valence-electron chi connectivity index (χ3n) is 8.17. The number of fused-ring (bicyclic) bond motifs is 10. The van der Waals surface area contributed by atoms with Crippen LogP contribution in [0.25, 0.3) is 43.6 Å². The number of hydrogen-bond acceptors (Lipinski definition) is 6. The third-order valence-corrected chi connectivity index (χ3v) is 8.79. The van der Waals surface area contributed by atoms with Crippen LogP contribution >= 0.6 is 23.2 Å². The first kappa shape index (κ1) is 25.1. The second kappa shape index (κ2) is 8.81. The number of nitrogens with one attached hydrogen (secondary N) is 1. The van der Waals surface area contributed by atoms with Gasteiger partial charge < -0.3 is 39.2 Å². The molecule has 1 amide bonds. The Bertz CT molecular complexity index is 1830. The molecule has 5 unspecified atom stereocenters. The summed E-state index contributed by atoms with van der Waals surface area (Å²) in [6.07, 6.45) is -5.76. The topological polar surface area (TPSA) is 120 Å². The number of hydrogen-bond donors (Lipinski definition) is 4. The normalized spacial score (nSPS) is 25.6. The lowest BCUT2D eigenvalue weighted by Crippen LogP contribution is -2.57. The van der Waals surface area contributed by atoms with E-state index in [1.165, 1.54) is 7.11 Å². The van der Waals surface area contributed by atoms with E-state index in [9.17, 15) is 20.1 Å². The zero-order valence-electron chi connectivity index (χ0n) is 21.0. The molecule has 9 nitrogen and oxygen atoms in total. The smallest absolute Gasteiger partial charge is 0.254 e. The Balaban J connectivity index is 1.69. The maximum atomic E-state index is 13.5. The second-order valence-electron chi connectivity index (χ2n) is 10.2. The van der Waals surface area contributed by atoms with Crippen LogP contribution in [0.5, 0.6) is 0 Å². The lowest BCUT2D eigenvalue weighted by atomic mass is 9.96. The van der Waals surface area contributed by atoms with Crippen LogP contribution in [0.1, 0.15) is 22.1 Å². The first-order valence-corrected chi connectivity index (χ1v) is 13.3. The van der Waals surface area contributed by atoms with Gasteiger partial charge in [-0.2, -0.15) is 0 Å². The largest absolute Gasteiger partial charge is 0.394 e. The highest BCUT2D eigenvalue weighted by Crippen LogP contribution is 2.48. The molecule has 4 N–H and O–H groups in total. The fourth-order valence-corrected chi connectivity index (χ4v) is 6.97. The van der Waals surface area contributed by atoms with Crippen molar-refractivity contribution in [3.05, 3.63) is 57.6 Å². The van der Waals surface area contributed by atoms with Crippen molar-refractivity contribution in [2.45, 2.75) is 37.2 Å². The maximum absolute atomic E-state index is 13.5. The number of aromatic amines is 1. The summed E-state index contributed by atoms with van der Waals surface area (Å²) < 4.78 is 13.4. The fraction of sp³-hybridized carbons (Fsp3) is 0.321. The van der Waals surface area contributed by atoms with Crippen molar-refractivity contribution in [2.75, 3.05) is 20.8 Å². The van der Waals surface area contributed by atoms with E-state index in [-0.39, 0.29) is 5.91 Å². The molecule has 1 saturated heterocycles. The number of nitrogens with zero attached hydrogens (tertiary/aromatic N) is 2. The standard InChI is InChI=1S/C28H25Cl2N3O6/c1-32-9-13-17-12-6-4-8-15(30)22(12)33(28-25(36)24(35)26(38-2)16(10-34)39-28)23(17)21-18(19(13)27(32)37)11-5-3-7-14(29)20(11)31-21/h3-8,16,24-26,28,31,34-36H,9-10H2,1-2H3. The van der Waals surface area contributed by atoms with Gasteiger partial charge in [0.25, 0.3) is 5.91 Å². The van der Waals surface area contributed by atoms with E-state index in [0.29, 0.717) is 49.6 Å². The van der Waals surface area contributed by atoms with Crippen molar-refractivity contribution in [1.29, 1.82) is 0 Å². The number of halogens is 2. The van der Waals surface area contributed by atoms with Gasteiger partial charge >= 0.3 is 0 Å². The molecule has 2 aromatic heterocycles. The minimum absolute atomic E-state index is 0.103. The number of carbonyl (C=O) groups excluding carboxylic acids is 1. The highest BCUT2D eigenvalue weighted by atomic mass is 35.5. The van der Waals surface area contributed by atoms with E-state index < -0.39 is 37.3 Å². The number of carbonyl (C=O) groups is 1. The van der Waals surface area contributed by atoms with Gasteiger partial charge in [0.15, 0.2) is 6.23 Å². The van der Waals surface area contributed by atoms with Gasteiger partial charge in [0, 0.05) is 42.2 Å². The van der Waals surface area contributed by atoms with Crippen LogP contribution in [0.2, 0.25) is 10.0 Å². The Morgan fingerprint density at radius 3 is 2.46 bits per heavy atom. The van der Waals surface area contributed by atoms with Crippen LogP contribution in [0.4, 0.5) is 0 Å². The Morgan fingerprint density at radius 1 is 1.03 bits per heavy atom. The molecule has 2 aliphatic rings. The van der Waals surface area contributed by atoms with Crippen molar-refractivity contribution < 1.29 is 29.6 Å². The Morgan fingerprint density at radius 2 is 1.74 bits per heavy atom. The van der Waals surface area contributed by atoms with E-state index in [4.69, 9.17) is 32.7 Å². The van der Waals surface area contributed by atoms with Crippen LogP contribution in [0, 0.1) is 0 Å². The average molecular weight is 570 g/mol. The predicted octanol–water partition coefficient (Wildman–Crippen LogP) is 3.95. The minimum atomic E-state index is -1.42. The van der Waals surface area contributed by atoms with Crippen LogP contribution < -0.4 is 0 Å². The van der Waals surface area contributed by atoms with Gasteiger partial charge in [0.2, 0.25) is 0 Å². The molecular weight excluding hydrogens is 545 g/mol. The SMILES string of the molecule is COC1C(CO)OC(n2c3c(Cl)cccc3c3c4c(c5c6cccc(Cl)c6[nH]c5c32)C(=O)N(C)C4)C(O)C1O. The van der Waals surface area contributed by atoms with Gasteiger partial charge in [0.1, 0.15) is 24.4 Å². The Labute approximate surface area is 232 Å². The second-order valence-corrected chi connectivity index (χ2v) is 11.0. The van der Waals surface area contributed by atoms with Crippen molar-refractivity contribution in [2.24, 2.45) is 0 Å². The molecule has 202 valence electrons. The summed E-state index contributed by atoms with van der Waals surface area (Å²) >= 11 is 13.4. The van der Waals surface area contributed by atoms with Crippen molar-refractivity contribution in [1.82, 2.24) is 14.5 Å². The molecule has 5 aromatic rings. The summed E-state index contributed by atoms with van der Waals surface area (Å²) in [7, 11) is 3.15. The molecule has 1 fully saturated rings. The van der Waals surface area contributed by atoms with Gasteiger partial charge in [-0.1, -0.05) is 47.5 Å². The number of benzene rings is 3. The number of amides is 1. The van der Waals surface area contributed by atoms with E-state index in [2.05, 4.69) is 4.98 Å². The summed E-state index contributed by atoms with van der Waals surface area (Å²) in [6, 6.07) is 11.0. The summed E-state index contributed by atoms with van der Waals surface area (Å²) in [5, 5.41) is 36.4. The molecule has 7 rings (SSSR count). The minimum Gasteiger partial charge on any atom is -0.394 e. The van der Waals surface area contributed by atoms with Crippen LogP contribution in [0.3, 0.4) is 0 Å². The third kappa shape index (κ3) is 3.23. The van der Waals surface area contributed by atoms with Crippen LogP contribution in [-0.4, -0.2) is 80.9 Å². The summed E-state index contributed by atoms with van der Waals surface area (Å²) in [4.78, 5) is 18.7. The van der Waals surface area contributed by atoms with Crippen LogP contribution in [-0.2, 0) is 16.0 Å². The van der Waals surface area contributed by atoms with Gasteiger partial charge in [-0.15, -0.1) is 0 Å². The predicted molar refractivity (Wildman–Crippen MR) is 148 cm³/mol. The molecule has 0 aliphatic carbocycles. The quantitative estimate of drug-likeness (QED) is 0.261. The van der Waals surface area contributed by atoms with E-state index in [0.717, 1.165) is 21.7 Å². The number of aliphatic hydroxyl groups excluding tert-OH is 3. The van der Waals surface area contributed by atoms with Gasteiger partial charge in [-0.25, -0.2) is 0 Å². The van der Waals surface area contributed by atoms with Gasteiger partial charge in [-0.05, 0) is 17.7 Å². The molecule has 5 atom stereocenters.